The minimum Gasteiger partial charge on any atom is -0.345 e. The fourth-order valence-corrected chi connectivity index (χ4v) is 3.60. The molecule has 0 fully saturated rings. The summed E-state index contributed by atoms with van der Waals surface area (Å²) in [7, 11) is 0. The minimum absolute atomic E-state index is 0.386. The summed E-state index contributed by atoms with van der Waals surface area (Å²) in [5.41, 5.74) is 2.39. The van der Waals surface area contributed by atoms with Crippen LogP contribution in [0, 0.1) is 11.6 Å². The molecule has 0 saturated carbocycles. The first-order valence-corrected chi connectivity index (χ1v) is 8.64. The molecule has 0 saturated heterocycles. The second kappa shape index (κ2) is 6.87. The van der Waals surface area contributed by atoms with Gasteiger partial charge in [-0.05, 0) is 40.9 Å². The van der Waals surface area contributed by atoms with E-state index in [0.717, 1.165) is 21.7 Å². The molecule has 106 valence electrons. The molecule has 0 unspecified atom stereocenters. The maximum Gasteiger partial charge on any atom is 0.144 e. The summed E-state index contributed by atoms with van der Waals surface area (Å²) in [5, 5.41) is 0. The van der Waals surface area contributed by atoms with Crippen LogP contribution in [0.4, 0.5) is 0 Å². The third-order valence-corrected chi connectivity index (χ3v) is 5.25. The van der Waals surface area contributed by atoms with E-state index in [9.17, 15) is 0 Å². The fraction of sp³-hybridized carbons (Fsp3) is 0.333. The Morgan fingerprint density at radius 2 is 2.15 bits per heavy atom. The second-order valence-corrected chi connectivity index (χ2v) is 7.20. The Labute approximate surface area is 137 Å². The molecular weight excluding hydrogens is 352 g/mol. The Hall–Kier alpha value is -0.650. The number of benzene rings is 1. The number of hydrogen-bond acceptors (Lipinski definition) is 3. The summed E-state index contributed by atoms with van der Waals surface area (Å²) < 4.78 is 1.54. The van der Waals surface area contributed by atoms with Crippen molar-refractivity contribution < 1.29 is 0 Å². The van der Waals surface area contributed by atoms with Crippen molar-refractivity contribution in [1.29, 1.82) is 0 Å². The van der Waals surface area contributed by atoms with Gasteiger partial charge in [-0.15, -0.1) is 11.8 Å². The molecule has 0 spiro atoms. The van der Waals surface area contributed by atoms with Crippen LogP contribution in [0.25, 0.3) is 0 Å². The van der Waals surface area contributed by atoms with Gasteiger partial charge in [0, 0.05) is 10.6 Å². The molecule has 1 aromatic carbocycles. The number of halogens is 1. The predicted octanol–water partition coefficient (Wildman–Crippen LogP) is 5.63. The number of aromatic nitrogens is 2. The van der Waals surface area contributed by atoms with E-state index in [-0.39, 0.29) is 0 Å². The lowest BCUT2D eigenvalue weighted by Crippen LogP contribution is -2.02. The molecule has 0 aliphatic rings. The van der Waals surface area contributed by atoms with E-state index in [1.54, 1.807) is 11.8 Å². The van der Waals surface area contributed by atoms with E-state index in [1.807, 2.05) is 0 Å². The molecule has 0 atom stereocenters. The SMILES string of the molecule is Cc1cccc(SCc2nc(=S)c(Br)c(C(C)C)[nH]2)c1. The molecular formula is C15H17BrN2S2. The molecule has 0 aliphatic carbocycles. The van der Waals surface area contributed by atoms with Crippen molar-refractivity contribution in [1.82, 2.24) is 9.97 Å². The number of hydrogen-bond donors (Lipinski definition) is 1. The van der Waals surface area contributed by atoms with Crippen LogP contribution in [-0.4, -0.2) is 9.97 Å². The lowest BCUT2D eigenvalue weighted by atomic mass is 10.1. The number of nitrogens with zero attached hydrogens (tertiary/aromatic N) is 1. The highest BCUT2D eigenvalue weighted by Gasteiger charge is 2.10. The average molecular weight is 369 g/mol. The van der Waals surface area contributed by atoms with Crippen molar-refractivity contribution in [3.05, 3.63) is 50.5 Å². The molecule has 0 aliphatic heterocycles. The standard InChI is InChI=1S/C15H17BrN2S2/c1-9(2)14-13(16)15(19)18-12(17-14)8-20-11-6-4-5-10(3)7-11/h4-7,9H,8H2,1-3H3,(H,17,18,19). The first-order chi connectivity index (χ1) is 9.47. The molecule has 2 rings (SSSR count). The summed E-state index contributed by atoms with van der Waals surface area (Å²) in [6, 6.07) is 8.48. The third-order valence-electron chi connectivity index (χ3n) is 2.88. The molecule has 0 bridgehead atoms. The van der Waals surface area contributed by atoms with Gasteiger partial charge >= 0.3 is 0 Å². The van der Waals surface area contributed by atoms with E-state index in [4.69, 9.17) is 12.2 Å². The summed E-state index contributed by atoms with van der Waals surface area (Å²) in [6.07, 6.45) is 0. The van der Waals surface area contributed by atoms with Crippen molar-refractivity contribution in [2.45, 2.75) is 37.3 Å². The highest BCUT2D eigenvalue weighted by molar-refractivity contribution is 9.10. The van der Waals surface area contributed by atoms with Gasteiger partial charge < -0.3 is 4.98 Å². The van der Waals surface area contributed by atoms with Gasteiger partial charge in [0.25, 0.3) is 0 Å². The van der Waals surface area contributed by atoms with Gasteiger partial charge in [-0.2, -0.15) is 0 Å². The maximum absolute atomic E-state index is 5.31. The number of aryl methyl sites for hydroxylation is 1. The number of thioether (sulfide) groups is 1. The summed E-state index contributed by atoms with van der Waals surface area (Å²) in [4.78, 5) is 9.09. The van der Waals surface area contributed by atoms with Crippen molar-refractivity contribution in [2.75, 3.05) is 0 Å². The molecule has 0 radical (unpaired) electrons. The van der Waals surface area contributed by atoms with E-state index in [1.165, 1.54) is 10.5 Å². The van der Waals surface area contributed by atoms with E-state index < -0.39 is 0 Å². The highest BCUT2D eigenvalue weighted by atomic mass is 79.9. The number of H-pyrrole nitrogens is 1. The van der Waals surface area contributed by atoms with Crippen LogP contribution in [0.3, 0.4) is 0 Å². The monoisotopic (exact) mass is 368 g/mol. The van der Waals surface area contributed by atoms with Crippen LogP contribution in [-0.2, 0) is 5.75 Å². The van der Waals surface area contributed by atoms with Gasteiger partial charge in [0.15, 0.2) is 0 Å². The van der Waals surface area contributed by atoms with Crippen LogP contribution in [0.15, 0.2) is 33.6 Å². The van der Waals surface area contributed by atoms with Crippen LogP contribution in [0.2, 0.25) is 0 Å². The normalized spacial score (nSPS) is 11.1. The Bertz CT molecular complexity index is 665. The largest absolute Gasteiger partial charge is 0.345 e. The summed E-state index contributed by atoms with van der Waals surface area (Å²) in [6.45, 7) is 6.39. The molecule has 2 nitrogen and oxygen atoms in total. The van der Waals surface area contributed by atoms with Crippen LogP contribution < -0.4 is 0 Å². The van der Waals surface area contributed by atoms with E-state index >= 15 is 0 Å². The predicted molar refractivity (Wildman–Crippen MR) is 92.0 cm³/mol. The Balaban J connectivity index is 2.20. The van der Waals surface area contributed by atoms with Crippen molar-refractivity contribution in [3.8, 4) is 0 Å². The van der Waals surface area contributed by atoms with E-state index in [0.29, 0.717) is 10.6 Å². The van der Waals surface area contributed by atoms with Gasteiger partial charge in [0.2, 0.25) is 0 Å². The van der Waals surface area contributed by atoms with Gasteiger partial charge in [0.05, 0.1) is 10.2 Å². The highest BCUT2D eigenvalue weighted by Crippen LogP contribution is 2.26. The molecule has 0 amide bonds. The molecule has 1 heterocycles. The number of aromatic amines is 1. The zero-order valence-corrected chi connectivity index (χ0v) is 15.0. The smallest absolute Gasteiger partial charge is 0.144 e. The molecule has 1 aromatic heterocycles. The van der Waals surface area contributed by atoms with Gasteiger partial charge in [-0.3, -0.25) is 0 Å². The van der Waals surface area contributed by atoms with Crippen LogP contribution >= 0.6 is 39.9 Å². The van der Waals surface area contributed by atoms with Gasteiger partial charge in [-0.25, -0.2) is 4.98 Å². The minimum atomic E-state index is 0.386. The maximum atomic E-state index is 5.31. The molecule has 2 aromatic rings. The lowest BCUT2D eigenvalue weighted by molar-refractivity contribution is 0.788. The van der Waals surface area contributed by atoms with Gasteiger partial charge in [-0.1, -0.05) is 43.8 Å². The van der Waals surface area contributed by atoms with Crippen molar-refractivity contribution in [2.24, 2.45) is 0 Å². The molecule has 20 heavy (non-hydrogen) atoms. The number of nitrogens with one attached hydrogen (secondary N) is 1. The zero-order valence-electron chi connectivity index (χ0n) is 11.7. The zero-order chi connectivity index (χ0) is 14.7. The topological polar surface area (TPSA) is 28.7 Å². The first-order valence-electron chi connectivity index (χ1n) is 6.45. The second-order valence-electron chi connectivity index (χ2n) is 4.98. The average Bonchev–Trinajstić information content (AvgIpc) is 2.39. The summed E-state index contributed by atoms with van der Waals surface area (Å²) in [5.74, 6) is 2.10. The van der Waals surface area contributed by atoms with Crippen molar-refractivity contribution in [3.63, 3.8) is 0 Å². The Morgan fingerprint density at radius 3 is 2.80 bits per heavy atom. The quantitative estimate of drug-likeness (QED) is 0.560. The van der Waals surface area contributed by atoms with Gasteiger partial charge in [0.1, 0.15) is 10.5 Å². The van der Waals surface area contributed by atoms with Crippen molar-refractivity contribution >= 4 is 39.9 Å². The van der Waals surface area contributed by atoms with Crippen LogP contribution in [0.5, 0.6) is 0 Å². The molecule has 5 heteroatoms. The lowest BCUT2D eigenvalue weighted by Gasteiger charge is -2.11. The number of rotatable bonds is 4. The third kappa shape index (κ3) is 3.93. The van der Waals surface area contributed by atoms with E-state index in [2.05, 4.69) is 70.9 Å². The Morgan fingerprint density at radius 1 is 1.40 bits per heavy atom. The van der Waals surface area contributed by atoms with Crippen LogP contribution in [0.1, 0.15) is 36.8 Å². The summed E-state index contributed by atoms with van der Waals surface area (Å²) >= 11 is 10.6. The molecule has 1 N–H and O–H groups in total. The Kier molecular flexibility index (Phi) is 5.41. The fourth-order valence-electron chi connectivity index (χ4n) is 1.85. The first kappa shape index (κ1) is 15.7.